The molecule has 0 saturated carbocycles. The Morgan fingerprint density at radius 3 is 2.59 bits per heavy atom. The van der Waals surface area contributed by atoms with Gasteiger partial charge in [0.1, 0.15) is 17.6 Å². The SMILES string of the molecule is CC1=C/C[C@H](O)/C=C\C(C)=C/[C@@H](NC(=O)[C@H](C)O)[C@]2(C)C(=O)O[C@H](CC/C=C\1)[C@@H](C)C2=O. The highest BCUT2D eigenvalue weighted by Gasteiger charge is 2.56. The highest BCUT2D eigenvalue weighted by molar-refractivity contribution is 6.08. The number of rotatable bonds is 2. The van der Waals surface area contributed by atoms with E-state index in [1.807, 2.05) is 25.2 Å². The van der Waals surface area contributed by atoms with Crippen molar-refractivity contribution >= 4 is 17.7 Å². The monoisotopic (exact) mass is 445 g/mol. The normalized spacial score (nSPS) is 38.3. The van der Waals surface area contributed by atoms with Gasteiger partial charge >= 0.3 is 5.97 Å². The first kappa shape index (κ1) is 25.7. The number of fused-ring (bicyclic) bond motifs is 10. The van der Waals surface area contributed by atoms with E-state index in [1.54, 1.807) is 32.1 Å². The fourth-order valence-electron chi connectivity index (χ4n) is 3.88. The van der Waals surface area contributed by atoms with Crippen molar-refractivity contribution in [3.05, 3.63) is 47.6 Å². The van der Waals surface area contributed by atoms with Gasteiger partial charge in [-0.3, -0.25) is 14.4 Å². The summed E-state index contributed by atoms with van der Waals surface area (Å²) in [6.07, 6.45) is 9.74. The average Bonchev–Trinajstić information content (AvgIpc) is 2.74. The molecule has 7 heteroatoms. The van der Waals surface area contributed by atoms with E-state index in [1.165, 1.54) is 13.8 Å². The Morgan fingerprint density at radius 2 is 1.94 bits per heavy atom. The van der Waals surface area contributed by atoms with E-state index in [2.05, 4.69) is 5.32 Å². The van der Waals surface area contributed by atoms with Crippen LogP contribution in [0.5, 0.6) is 0 Å². The van der Waals surface area contributed by atoms with Gasteiger partial charge in [-0.2, -0.15) is 0 Å². The zero-order valence-corrected chi connectivity index (χ0v) is 19.5. The summed E-state index contributed by atoms with van der Waals surface area (Å²) in [6.45, 7) is 8.21. The zero-order chi connectivity index (χ0) is 24.1. The van der Waals surface area contributed by atoms with Crippen LogP contribution >= 0.6 is 0 Å². The summed E-state index contributed by atoms with van der Waals surface area (Å²) in [6, 6.07) is -1.02. The number of amides is 1. The molecule has 3 aliphatic rings. The van der Waals surface area contributed by atoms with Crippen LogP contribution in [0, 0.1) is 11.3 Å². The lowest BCUT2D eigenvalue weighted by molar-refractivity contribution is -0.180. The number of allylic oxidation sites excluding steroid dienone is 5. The number of hydrogen-bond acceptors (Lipinski definition) is 6. The second-order valence-electron chi connectivity index (χ2n) is 8.96. The maximum atomic E-state index is 13.4. The molecule has 0 unspecified atom stereocenters. The Labute approximate surface area is 189 Å². The standard InChI is InChI=1S/C25H35NO6/c1-15-8-6-7-9-20-17(3)22(29)25(5,24(31)32-20)21(26-23(30)18(4)27)14-16(2)11-13-19(28)12-10-15/h6,8,10-11,13-14,17-21,27-28H,7,9,12H2,1-5H3,(H,26,30)/b8-6-,13-11-,15-10-,16-14-/t17-,18+,19+,20-,21-,25+/m1/s1. The minimum Gasteiger partial charge on any atom is -0.461 e. The predicted molar refractivity (Wildman–Crippen MR) is 121 cm³/mol. The van der Waals surface area contributed by atoms with Crippen LogP contribution in [0.3, 0.4) is 0 Å². The number of nitrogens with one attached hydrogen (secondary N) is 1. The van der Waals surface area contributed by atoms with Gasteiger partial charge in [0.05, 0.1) is 18.1 Å². The summed E-state index contributed by atoms with van der Waals surface area (Å²) in [5, 5.41) is 22.5. The summed E-state index contributed by atoms with van der Waals surface area (Å²) in [5.74, 6) is -2.25. The quantitative estimate of drug-likeness (QED) is 0.445. The van der Waals surface area contributed by atoms with E-state index in [0.717, 1.165) is 5.57 Å². The van der Waals surface area contributed by atoms with Crippen molar-refractivity contribution in [2.45, 2.75) is 78.2 Å². The van der Waals surface area contributed by atoms with Gasteiger partial charge < -0.3 is 20.3 Å². The summed E-state index contributed by atoms with van der Waals surface area (Å²) in [5.41, 5.74) is 0.00423. The predicted octanol–water partition coefficient (Wildman–Crippen LogP) is 2.54. The maximum Gasteiger partial charge on any atom is 0.322 e. The summed E-state index contributed by atoms with van der Waals surface area (Å²) in [7, 11) is 0. The van der Waals surface area contributed by atoms with Crippen LogP contribution in [0.25, 0.3) is 0 Å². The van der Waals surface area contributed by atoms with E-state index in [-0.39, 0.29) is 5.78 Å². The number of aliphatic hydroxyl groups is 2. The molecule has 1 aliphatic carbocycles. The molecule has 0 spiro atoms. The number of ether oxygens (including phenoxy) is 1. The van der Waals surface area contributed by atoms with Crippen molar-refractivity contribution < 1.29 is 29.3 Å². The topological polar surface area (TPSA) is 113 Å². The second-order valence-corrected chi connectivity index (χ2v) is 8.96. The van der Waals surface area contributed by atoms with Gasteiger partial charge in [0.25, 0.3) is 0 Å². The molecule has 32 heavy (non-hydrogen) atoms. The summed E-state index contributed by atoms with van der Waals surface area (Å²) < 4.78 is 5.70. The van der Waals surface area contributed by atoms with Crippen molar-refractivity contribution in [1.29, 1.82) is 0 Å². The van der Waals surface area contributed by atoms with Gasteiger partial charge in [0.15, 0.2) is 5.78 Å². The maximum absolute atomic E-state index is 13.4. The molecule has 3 N–H and O–H groups in total. The first-order valence-corrected chi connectivity index (χ1v) is 11.1. The van der Waals surface area contributed by atoms with E-state index in [4.69, 9.17) is 4.74 Å². The number of hydrogen-bond donors (Lipinski definition) is 3. The molecule has 7 nitrogen and oxygen atoms in total. The lowest BCUT2D eigenvalue weighted by atomic mass is 9.70. The highest BCUT2D eigenvalue weighted by atomic mass is 16.5. The molecule has 2 aliphatic heterocycles. The van der Waals surface area contributed by atoms with Crippen LogP contribution in [-0.4, -0.2) is 52.2 Å². The smallest absolute Gasteiger partial charge is 0.322 e. The molecule has 1 saturated heterocycles. The molecule has 0 aromatic heterocycles. The lowest BCUT2D eigenvalue weighted by Crippen LogP contribution is -2.61. The third-order valence-electron chi connectivity index (χ3n) is 6.16. The minimum absolute atomic E-state index is 0.313. The van der Waals surface area contributed by atoms with Crippen LogP contribution in [0.15, 0.2) is 47.6 Å². The molecule has 2 bridgehead atoms. The zero-order valence-electron chi connectivity index (χ0n) is 19.5. The largest absolute Gasteiger partial charge is 0.461 e. The first-order chi connectivity index (χ1) is 15.0. The molecule has 6 atom stereocenters. The minimum atomic E-state index is -1.64. The number of carbonyl (C=O) groups is 3. The Hall–Kier alpha value is -2.51. The van der Waals surface area contributed by atoms with Crippen LogP contribution < -0.4 is 5.32 Å². The average molecular weight is 446 g/mol. The number of ketones is 1. The van der Waals surface area contributed by atoms with Gasteiger partial charge in [-0.1, -0.05) is 54.5 Å². The fourth-order valence-corrected chi connectivity index (χ4v) is 3.88. The number of carbonyl (C=O) groups excluding carboxylic acids is 3. The lowest BCUT2D eigenvalue weighted by Gasteiger charge is -2.42. The molecular weight excluding hydrogens is 410 g/mol. The van der Waals surface area contributed by atoms with Crippen LogP contribution in [0.1, 0.15) is 53.9 Å². The molecule has 176 valence electrons. The first-order valence-electron chi connectivity index (χ1n) is 11.1. The van der Waals surface area contributed by atoms with Crippen LogP contribution in [0.2, 0.25) is 0 Å². The third-order valence-corrected chi connectivity index (χ3v) is 6.16. The van der Waals surface area contributed by atoms with E-state index >= 15 is 0 Å². The third kappa shape index (κ3) is 6.04. The number of Topliss-reactive ketones (excluding diaryl/α,β-unsaturated/α-hetero) is 1. The Kier molecular flexibility index (Phi) is 8.75. The fraction of sp³-hybridized carbons (Fsp3) is 0.560. The Bertz CT molecular complexity index is 852. The van der Waals surface area contributed by atoms with Gasteiger partial charge in [-0.15, -0.1) is 0 Å². The van der Waals surface area contributed by atoms with Gasteiger partial charge in [-0.05, 0) is 47.0 Å². The Morgan fingerprint density at radius 1 is 1.25 bits per heavy atom. The van der Waals surface area contributed by atoms with Crippen LogP contribution in [0.4, 0.5) is 0 Å². The highest BCUT2D eigenvalue weighted by Crippen LogP contribution is 2.38. The molecule has 1 amide bonds. The van der Waals surface area contributed by atoms with Crippen molar-refractivity contribution in [2.24, 2.45) is 11.3 Å². The van der Waals surface area contributed by atoms with Gasteiger partial charge in [-0.25, -0.2) is 0 Å². The van der Waals surface area contributed by atoms with Gasteiger partial charge in [0.2, 0.25) is 5.91 Å². The van der Waals surface area contributed by atoms with Crippen molar-refractivity contribution in [1.82, 2.24) is 5.32 Å². The van der Waals surface area contributed by atoms with E-state index in [9.17, 15) is 24.6 Å². The summed E-state index contributed by atoms with van der Waals surface area (Å²) >= 11 is 0. The van der Waals surface area contributed by atoms with Crippen molar-refractivity contribution in [2.75, 3.05) is 0 Å². The van der Waals surface area contributed by atoms with Crippen molar-refractivity contribution in [3.63, 3.8) is 0 Å². The molecule has 0 aromatic carbocycles. The molecular formula is C25H35NO6. The number of aliphatic hydroxyl groups excluding tert-OH is 2. The van der Waals surface area contributed by atoms with Gasteiger partial charge in [0, 0.05) is 0 Å². The molecule has 0 aromatic rings. The molecule has 3 rings (SSSR count). The van der Waals surface area contributed by atoms with Crippen molar-refractivity contribution in [3.8, 4) is 0 Å². The van der Waals surface area contributed by atoms with E-state index in [0.29, 0.717) is 24.8 Å². The molecule has 1 fully saturated rings. The summed E-state index contributed by atoms with van der Waals surface area (Å²) in [4.78, 5) is 38.8. The number of esters is 1. The Balaban J connectivity index is 2.52. The van der Waals surface area contributed by atoms with E-state index < -0.39 is 47.6 Å². The molecule has 0 radical (unpaired) electrons. The molecule has 2 heterocycles. The second kappa shape index (κ2) is 10.9. The van der Waals surface area contributed by atoms with Crippen LogP contribution in [-0.2, 0) is 19.1 Å².